The summed E-state index contributed by atoms with van der Waals surface area (Å²) in [5.41, 5.74) is 1.39. The van der Waals surface area contributed by atoms with Crippen LogP contribution < -0.4 is 5.32 Å². The highest BCUT2D eigenvalue weighted by Crippen LogP contribution is 2.14. The van der Waals surface area contributed by atoms with Crippen molar-refractivity contribution in [3.63, 3.8) is 0 Å². The van der Waals surface area contributed by atoms with Crippen LogP contribution in [0.25, 0.3) is 0 Å². The molecule has 0 saturated heterocycles. The summed E-state index contributed by atoms with van der Waals surface area (Å²) in [6, 6.07) is 3.89. The van der Waals surface area contributed by atoms with Crippen molar-refractivity contribution < 1.29 is 9.90 Å². The van der Waals surface area contributed by atoms with E-state index in [0.717, 1.165) is 5.56 Å². The van der Waals surface area contributed by atoms with Gasteiger partial charge in [0.05, 0.1) is 11.9 Å². The summed E-state index contributed by atoms with van der Waals surface area (Å²) in [6.07, 6.45) is 4.55. The summed E-state index contributed by atoms with van der Waals surface area (Å²) in [5.74, 6) is -0.519. The Morgan fingerprint density at radius 3 is 3.00 bits per heavy atom. The first-order valence-corrected chi connectivity index (χ1v) is 5.96. The molecule has 0 bridgehead atoms. The third-order valence-corrected chi connectivity index (χ3v) is 2.79. The van der Waals surface area contributed by atoms with E-state index >= 15 is 0 Å². The average Bonchev–Trinajstić information content (AvgIpc) is 2.88. The number of anilines is 1. The van der Waals surface area contributed by atoms with Gasteiger partial charge in [0, 0.05) is 25.5 Å². The van der Waals surface area contributed by atoms with Crippen LogP contribution in [0.3, 0.4) is 0 Å². The fraction of sp³-hybridized carbons (Fsp3) is 0.231. The molecule has 102 valence electrons. The first-order valence-electron chi connectivity index (χ1n) is 5.96. The Hall–Kier alpha value is -2.88. The number of hydrogen-bond donors (Lipinski definition) is 2. The molecule has 0 atom stereocenters. The summed E-state index contributed by atoms with van der Waals surface area (Å²) in [4.78, 5) is 18.6. The second-order valence-electron chi connectivity index (χ2n) is 4.19. The molecule has 0 aromatic carbocycles. The number of hydrogen-bond acceptors (Lipinski definition) is 5. The van der Waals surface area contributed by atoms with E-state index in [9.17, 15) is 4.79 Å². The van der Waals surface area contributed by atoms with Gasteiger partial charge in [0.25, 0.3) is 0 Å². The molecule has 0 aliphatic heterocycles. The molecule has 0 radical (unpaired) electrons. The van der Waals surface area contributed by atoms with Crippen molar-refractivity contribution in [3.8, 4) is 6.07 Å². The van der Waals surface area contributed by atoms with E-state index in [2.05, 4.69) is 21.4 Å². The SMILES string of the molecule is Cc1ccnc(NCCn2cnc(C(=O)O)c2)c1C#N. The highest BCUT2D eigenvalue weighted by molar-refractivity contribution is 5.84. The Morgan fingerprint density at radius 1 is 1.55 bits per heavy atom. The minimum atomic E-state index is -1.05. The van der Waals surface area contributed by atoms with E-state index in [1.165, 1.54) is 12.5 Å². The molecule has 0 aliphatic rings. The number of aryl methyl sites for hydroxylation is 1. The van der Waals surface area contributed by atoms with Crippen LogP contribution in [-0.4, -0.2) is 32.2 Å². The van der Waals surface area contributed by atoms with Crippen LogP contribution in [0.2, 0.25) is 0 Å². The Kier molecular flexibility index (Phi) is 3.96. The minimum Gasteiger partial charge on any atom is -0.476 e. The molecule has 0 aliphatic carbocycles. The number of nitriles is 1. The molecule has 0 saturated carbocycles. The predicted molar refractivity (Wildman–Crippen MR) is 71.4 cm³/mol. The fourth-order valence-electron chi connectivity index (χ4n) is 1.73. The van der Waals surface area contributed by atoms with Gasteiger partial charge in [-0.2, -0.15) is 5.26 Å². The number of aromatic carboxylic acids is 1. The standard InChI is InChI=1S/C13H13N5O2/c1-9-2-3-15-12(10(9)6-14)16-4-5-18-7-11(13(19)20)17-8-18/h2-3,7-8H,4-5H2,1H3,(H,15,16)(H,19,20). The number of aromatic nitrogens is 3. The number of nitrogens with one attached hydrogen (secondary N) is 1. The maximum absolute atomic E-state index is 10.7. The number of carboxylic acid groups (broad SMARTS) is 1. The fourth-order valence-corrected chi connectivity index (χ4v) is 1.73. The second-order valence-corrected chi connectivity index (χ2v) is 4.19. The van der Waals surface area contributed by atoms with E-state index in [1.54, 1.807) is 16.8 Å². The van der Waals surface area contributed by atoms with Gasteiger partial charge in [-0.05, 0) is 18.6 Å². The molecule has 2 N–H and O–H groups in total. The van der Waals surface area contributed by atoms with Crippen LogP contribution in [-0.2, 0) is 6.54 Å². The number of nitrogens with zero attached hydrogens (tertiary/aromatic N) is 4. The molecule has 20 heavy (non-hydrogen) atoms. The quantitative estimate of drug-likeness (QED) is 0.848. The zero-order valence-electron chi connectivity index (χ0n) is 10.9. The molecule has 0 unspecified atom stereocenters. The molecule has 7 heteroatoms. The first kappa shape index (κ1) is 13.5. The lowest BCUT2D eigenvalue weighted by Gasteiger charge is -2.08. The van der Waals surface area contributed by atoms with Gasteiger partial charge in [0.15, 0.2) is 5.69 Å². The van der Waals surface area contributed by atoms with Crippen molar-refractivity contribution in [1.29, 1.82) is 5.26 Å². The van der Waals surface area contributed by atoms with E-state index in [1.807, 2.05) is 6.92 Å². The predicted octanol–water partition coefficient (Wildman–Crippen LogP) is 1.27. The monoisotopic (exact) mass is 271 g/mol. The molecular weight excluding hydrogens is 258 g/mol. The van der Waals surface area contributed by atoms with E-state index in [-0.39, 0.29) is 5.69 Å². The van der Waals surface area contributed by atoms with Gasteiger partial charge in [-0.15, -0.1) is 0 Å². The third-order valence-electron chi connectivity index (χ3n) is 2.79. The summed E-state index contributed by atoms with van der Waals surface area (Å²) < 4.78 is 1.66. The smallest absolute Gasteiger partial charge is 0.356 e. The van der Waals surface area contributed by atoms with Gasteiger partial charge >= 0.3 is 5.97 Å². The van der Waals surface area contributed by atoms with E-state index in [4.69, 9.17) is 10.4 Å². The van der Waals surface area contributed by atoms with Gasteiger partial charge in [-0.25, -0.2) is 14.8 Å². The number of pyridine rings is 1. The lowest BCUT2D eigenvalue weighted by Crippen LogP contribution is -2.11. The van der Waals surface area contributed by atoms with Crippen molar-refractivity contribution in [3.05, 3.63) is 41.6 Å². The molecule has 0 spiro atoms. The second kappa shape index (κ2) is 5.84. The zero-order chi connectivity index (χ0) is 14.5. The van der Waals surface area contributed by atoms with E-state index in [0.29, 0.717) is 24.5 Å². The number of imidazole rings is 1. The van der Waals surface area contributed by atoms with Crippen LogP contribution in [0.4, 0.5) is 5.82 Å². The molecule has 0 fully saturated rings. The highest BCUT2D eigenvalue weighted by atomic mass is 16.4. The maximum atomic E-state index is 10.7. The van der Waals surface area contributed by atoms with Gasteiger partial charge < -0.3 is 15.0 Å². The average molecular weight is 271 g/mol. The summed E-state index contributed by atoms with van der Waals surface area (Å²) in [7, 11) is 0. The largest absolute Gasteiger partial charge is 0.476 e. The minimum absolute atomic E-state index is 0.0106. The van der Waals surface area contributed by atoms with Gasteiger partial charge in [-0.1, -0.05) is 0 Å². The Labute approximate surface area is 115 Å². The lowest BCUT2D eigenvalue weighted by molar-refractivity contribution is 0.0691. The van der Waals surface area contributed by atoms with Crippen LogP contribution in [0.1, 0.15) is 21.6 Å². The van der Waals surface area contributed by atoms with Gasteiger partial charge in [0.1, 0.15) is 11.9 Å². The lowest BCUT2D eigenvalue weighted by atomic mass is 10.1. The van der Waals surface area contributed by atoms with Crippen molar-refractivity contribution in [2.75, 3.05) is 11.9 Å². The maximum Gasteiger partial charge on any atom is 0.356 e. The van der Waals surface area contributed by atoms with E-state index < -0.39 is 5.97 Å². The first-order chi connectivity index (χ1) is 9.61. The normalized spacial score (nSPS) is 10.0. The third kappa shape index (κ3) is 2.92. The number of carbonyl (C=O) groups is 1. The number of carboxylic acids is 1. The number of rotatable bonds is 5. The Morgan fingerprint density at radius 2 is 2.35 bits per heavy atom. The van der Waals surface area contributed by atoms with Gasteiger partial charge in [0.2, 0.25) is 0 Å². The Balaban J connectivity index is 1.98. The molecule has 2 rings (SSSR count). The topological polar surface area (TPSA) is 104 Å². The zero-order valence-corrected chi connectivity index (χ0v) is 10.9. The molecule has 2 aromatic heterocycles. The van der Waals surface area contributed by atoms with Crippen LogP contribution in [0.5, 0.6) is 0 Å². The van der Waals surface area contributed by atoms with Crippen LogP contribution in [0, 0.1) is 18.3 Å². The molecule has 7 nitrogen and oxygen atoms in total. The molecule has 2 heterocycles. The van der Waals surface area contributed by atoms with Crippen molar-refractivity contribution in [1.82, 2.24) is 14.5 Å². The summed E-state index contributed by atoms with van der Waals surface area (Å²) >= 11 is 0. The van der Waals surface area contributed by atoms with Crippen molar-refractivity contribution in [2.45, 2.75) is 13.5 Å². The van der Waals surface area contributed by atoms with Gasteiger partial charge in [-0.3, -0.25) is 0 Å². The molecule has 2 aromatic rings. The van der Waals surface area contributed by atoms with Crippen LogP contribution in [0.15, 0.2) is 24.8 Å². The Bertz CT molecular complexity index is 672. The summed E-state index contributed by atoms with van der Waals surface area (Å²) in [6.45, 7) is 2.89. The van der Waals surface area contributed by atoms with Crippen molar-refractivity contribution in [2.24, 2.45) is 0 Å². The van der Waals surface area contributed by atoms with Crippen molar-refractivity contribution >= 4 is 11.8 Å². The highest BCUT2D eigenvalue weighted by Gasteiger charge is 2.07. The van der Waals surface area contributed by atoms with Crippen LogP contribution >= 0.6 is 0 Å². The molecular formula is C13H13N5O2. The molecule has 0 amide bonds. The summed E-state index contributed by atoms with van der Waals surface area (Å²) in [5, 5.41) is 20.9.